The van der Waals surface area contributed by atoms with Crippen LogP contribution in [0.4, 0.5) is 0 Å². The number of nitrogens with one attached hydrogen (secondary N) is 1. The van der Waals surface area contributed by atoms with E-state index in [-0.39, 0.29) is 19.1 Å². The fourth-order valence-corrected chi connectivity index (χ4v) is 1.05. The van der Waals surface area contributed by atoms with E-state index in [0.717, 1.165) is 0 Å². The summed E-state index contributed by atoms with van der Waals surface area (Å²) in [4.78, 5) is 15.3. The summed E-state index contributed by atoms with van der Waals surface area (Å²) < 4.78 is 4.72. The van der Waals surface area contributed by atoms with Crippen molar-refractivity contribution in [3.8, 4) is 0 Å². The van der Waals surface area contributed by atoms with Crippen molar-refractivity contribution in [2.45, 2.75) is 6.10 Å². The van der Waals surface area contributed by atoms with Gasteiger partial charge in [-0.15, -0.1) is 0 Å². The van der Waals surface area contributed by atoms with Crippen molar-refractivity contribution in [2.24, 2.45) is 0 Å². The van der Waals surface area contributed by atoms with Crippen molar-refractivity contribution in [2.75, 3.05) is 20.3 Å². The number of aliphatic hydroxyl groups is 1. The number of nitrogens with zero attached hydrogens (tertiary/aromatic N) is 1. The van der Waals surface area contributed by atoms with Crippen LogP contribution in [0.1, 0.15) is 10.5 Å². The first kappa shape index (κ1) is 11.6. The van der Waals surface area contributed by atoms with Crippen LogP contribution in [0, 0.1) is 0 Å². The molecule has 5 heteroatoms. The zero-order valence-corrected chi connectivity index (χ0v) is 8.51. The summed E-state index contributed by atoms with van der Waals surface area (Å²) in [5.41, 5.74) is 0.335. The van der Waals surface area contributed by atoms with Crippen molar-refractivity contribution in [1.82, 2.24) is 10.3 Å². The van der Waals surface area contributed by atoms with Gasteiger partial charge in [0.25, 0.3) is 5.91 Å². The minimum absolute atomic E-state index is 0.156. The highest BCUT2D eigenvalue weighted by Gasteiger charge is 2.08. The molecule has 1 aromatic heterocycles. The normalized spacial score (nSPS) is 12.1. The first-order valence-corrected chi connectivity index (χ1v) is 4.60. The average Bonchev–Trinajstić information content (AvgIpc) is 2.27. The number of carbonyl (C=O) groups excluding carboxylic acids is 1. The molecule has 0 fully saturated rings. The molecule has 15 heavy (non-hydrogen) atoms. The Morgan fingerprint density at radius 3 is 3.07 bits per heavy atom. The van der Waals surface area contributed by atoms with Crippen LogP contribution >= 0.6 is 0 Å². The predicted octanol–water partition coefficient (Wildman–Crippen LogP) is -0.181. The van der Waals surface area contributed by atoms with Gasteiger partial charge in [0.15, 0.2) is 0 Å². The maximum absolute atomic E-state index is 11.4. The lowest BCUT2D eigenvalue weighted by atomic mass is 10.3. The standard InChI is InChI=1S/C10H14N2O3/c1-15-7-8(13)6-12-10(14)9-4-2-3-5-11-9/h2-5,8,13H,6-7H2,1H3,(H,12,14). The van der Waals surface area contributed by atoms with Gasteiger partial charge in [-0.25, -0.2) is 0 Å². The molecule has 0 bridgehead atoms. The molecule has 1 atom stereocenters. The highest BCUT2D eigenvalue weighted by atomic mass is 16.5. The number of aromatic nitrogens is 1. The predicted molar refractivity (Wildman–Crippen MR) is 54.5 cm³/mol. The number of carbonyl (C=O) groups is 1. The highest BCUT2D eigenvalue weighted by Crippen LogP contribution is 1.92. The van der Waals surface area contributed by atoms with E-state index < -0.39 is 6.10 Å². The Morgan fingerprint density at radius 2 is 2.47 bits per heavy atom. The van der Waals surface area contributed by atoms with Crippen molar-refractivity contribution in [3.05, 3.63) is 30.1 Å². The number of methoxy groups -OCH3 is 1. The van der Waals surface area contributed by atoms with Crippen molar-refractivity contribution in [3.63, 3.8) is 0 Å². The average molecular weight is 210 g/mol. The number of ether oxygens (including phenoxy) is 1. The summed E-state index contributed by atoms with van der Waals surface area (Å²) in [6, 6.07) is 5.07. The van der Waals surface area contributed by atoms with Gasteiger partial charge in [-0.05, 0) is 12.1 Å². The van der Waals surface area contributed by atoms with Crippen LogP contribution in [0.25, 0.3) is 0 Å². The largest absolute Gasteiger partial charge is 0.389 e. The van der Waals surface area contributed by atoms with Gasteiger partial charge in [-0.1, -0.05) is 6.07 Å². The summed E-state index contributed by atoms with van der Waals surface area (Å²) in [5, 5.41) is 11.8. The molecule has 1 aromatic rings. The molecule has 0 radical (unpaired) electrons. The third kappa shape index (κ3) is 4.05. The van der Waals surface area contributed by atoms with Gasteiger partial charge < -0.3 is 15.2 Å². The van der Waals surface area contributed by atoms with Gasteiger partial charge in [0.05, 0.1) is 12.7 Å². The molecule has 0 saturated heterocycles. The third-order valence-corrected chi connectivity index (χ3v) is 1.75. The van der Waals surface area contributed by atoms with E-state index in [1.165, 1.54) is 7.11 Å². The Balaban J connectivity index is 2.37. The van der Waals surface area contributed by atoms with Crippen molar-refractivity contribution in [1.29, 1.82) is 0 Å². The van der Waals surface area contributed by atoms with E-state index in [2.05, 4.69) is 10.3 Å². The SMILES string of the molecule is COCC(O)CNC(=O)c1ccccn1. The molecule has 82 valence electrons. The van der Waals surface area contributed by atoms with Crippen LogP contribution in [-0.4, -0.2) is 42.4 Å². The first-order valence-electron chi connectivity index (χ1n) is 4.60. The molecule has 0 saturated carbocycles. The zero-order chi connectivity index (χ0) is 11.1. The highest BCUT2D eigenvalue weighted by molar-refractivity contribution is 5.92. The van der Waals surface area contributed by atoms with Gasteiger partial charge in [0.1, 0.15) is 5.69 Å². The Bertz CT molecular complexity index is 303. The van der Waals surface area contributed by atoms with Gasteiger partial charge in [0, 0.05) is 19.9 Å². The molecule has 1 heterocycles. The molecule has 1 rings (SSSR count). The molecule has 0 aliphatic carbocycles. The van der Waals surface area contributed by atoms with Crippen LogP contribution < -0.4 is 5.32 Å². The second kappa shape index (κ2) is 6.10. The number of aliphatic hydroxyl groups excluding tert-OH is 1. The Kier molecular flexibility index (Phi) is 4.73. The minimum atomic E-state index is -0.692. The summed E-state index contributed by atoms with van der Waals surface area (Å²) >= 11 is 0. The summed E-state index contributed by atoms with van der Waals surface area (Å²) in [5.74, 6) is -0.300. The van der Waals surface area contributed by atoms with Crippen molar-refractivity contribution < 1.29 is 14.6 Å². The molecule has 0 aliphatic heterocycles. The Hall–Kier alpha value is -1.46. The van der Waals surface area contributed by atoms with E-state index in [1.54, 1.807) is 24.4 Å². The third-order valence-electron chi connectivity index (χ3n) is 1.75. The van der Waals surface area contributed by atoms with Crippen molar-refractivity contribution >= 4 is 5.91 Å². The lowest BCUT2D eigenvalue weighted by Gasteiger charge is -2.10. The number of amides is 1. The number of hydrogen-bond donors (Lipinski definition) is 2. The quantitative estimate of drug-likeness (QED) is 0.707. The lowest BCUT2D eigenvalue weighted by Crippen LogP contribution is -2.34. The fraction of sp³-hybridized carbons (Fsp3) is 0.400. The van der Waals surface area contributed by atoms with Crippen LogP contribution in [0.2, 0.25) is 0 Å². The van der Waals surface area contributed by atoms with Crippen LogP contribution in [-0.2, 0) is 4.74 Å². The number of hydrogen-bond acceptors (Lipinski definition) is 4. The van der Waals surface area contributed by atoms with E-state index >= 15 is 0 Å². The molecular formula is C10H14N2O3. The lowest BCUT2D eigenvalue weighted by molar-refractivity contribution is 0.0608. The molecule has 1 amide bonds. The minimum Gasteiger partial charge on any atom is -0.389 e. The Labute approximate surface area is 88.1 Å². The smallest absolute Gasteiger partial charge is 0.269 e. The molecule has 1 unspecified atom stereocenters. The van der Waals surface area contributed by atoms with Gasteiger partial charge >= 0.3 is 0 Å². The number of rotatable bonds is 5. The second-order valence-electron chi connectivity index (χ2n) is 3.03. The zero-order valence-electron chi connectivity index (χ0n) is 8.51. The van der Waals surface area contributed by atoms with Crippen LogP contribution in [0.15, 0.2) is 24.4 Å². The summed E-state index contributed by atoms with van der Waals surface area (Å²) in [7, 11) is 1.49. The maximum atomic E-state index is 11.4. The Morgan fingerprint density at radius 1 is 1.67 bits per heavy atom. The summed E-state index contributed by atoms with van der Waals surface area (Å²) in [6.45, 7) is 0.353. The van der Waals surface area contributed by atoms with Crippen LogP contribution in [0.3, 0.4) is 0 Å². The van der Waals surface area contributed by atoms with E-state index in [0.29, 0.717) is 5.69 Å². The first-order chi connectivity index (χ1) is 7.24. The molecule has 2 N–H and O–H groups in total. The number of pyridine rings is 1. The molecule has 0 aliphatic rings. The monoisotopic (exact) mass is 210 g/mol. The molecular weight excluding hydrogens is 196 g/mol. The molecule has 5 nitrogen and oxygen atoms in total. The fourth-order valence-electron chi connectivity index (χ4n) is 1.05. The maximum Gasteiger partial charge on any atom is 0.269 e. The van der Waals surface area contributed by atoms with Gasteiger partial charge in [-0.2, -0.15) is 0 Å². The summed E-state index contributed by atoms with van der Waals surface area (Å²) in [6.07, 6.45) is 0.850. The van der Waals surface area contributed by atoms with E-state index in [1.807, 2.05) is 0 Å². The molecule has 0 aromatic carbocycles. The molecule has 0 spiro atoms. The van der Waals surface area contributed by atoms with E-state index in [9.17, 15) is 9.90 Å². The van der Waals surface area contributed by atoms with Gasteiger partial charge in [0.2, 0.25) is 0 Å². The van der Waals surface area contributed by atoms with Crippen LogP contribution in [0.5, 0.6) is 0 Å². The van der Waals surface area contributed by atoms with Gasteiger partial charge in [-0.3, -0.25) is 9.78 Å². The topological polar surface area (TPSA) is 71.5 Å². The second-order valence-corrected chi connectivity index (χ2v) is 3.03. The van der Waals surface area contributed by atoms with E-state index in [4.69, 9.17) is 4.74 Å².